The summed E-state index contributed by atoms with van der Waals surface area (Å²) in [5.74, 6) is 0.0586. The van der Waals surface area contributed by atoms with Gasteiger partial charge in [-0.15, -0.1) is 0 Å². The monoisotopic (exact) mass is 373 g/mol. The lowest BCUT2D eigenvalue weighted by atomic mass is 9.97. The number of amides is 1. The number of rotatable bonds is 4. The van der Waals surface area contributed by atoms with Crippen LogP contribution in [0.1, 0.15) is 18.4 Å². The van der Waals surface area contributed by atoms with E-state index < -0.39 is 10.0 Å². The van der Waals surface area contributed by atoms with Crippen molar-refractivity contribution >= 4 is 21.7 Å². The van der Waals surface area contributed by atoms with Crippen LogP contribution in [0.25, 0.3) is 0 Å². The van der Waals surface area contributed by atoms with E-state index >= 15 is 0 Å². The van der Waals surface area contributed by atoms with E-state index in [2.05, 4.69) is 10.4 Å². The summed E-state index contributed by atoms with van der Waals surface area (Å²) in [7, 11) is -1.98. The summed E-state index contributed by atoms with van der Waals surface area (Å²) in [4.78, 5) is 12.3. The Kier molecular flexibility index (Phi) is 5.06. The molecule has 1 fully saturated rings. The molecule has 0 saturated carbocycles. The van der Waals surface area contributed by atoms with Crippen LogP contribution in [-0.2, 0) is 21.9 Å². The molecule has 1 saturated heterocycles. The highest BCUT2D eigenvalue weighted by Gasteiger charge is 2.33. The van der Waals surface area contributed by atoms with Crippen LogP contribution in [0.3, 0.4) is 0 Å². The summed E-state index contributed by atoms with van der Waals surface area (Å²) in [5, 5.41) is 16.0. The largest absolute Gasteiger partial charge is 0.309 e. The first kappa shape index (κ1) is 18.1. The smallest absolute Gasteiger partial charge is 0.244 e. The molecule has 9 heteroatoms. The minimum atomic E-state index is -3.75. The number of sulfonamides is 1. The third-order valence-corrected chi connectivity index (χ3v) is 6.37. The van der Waals surface area contributed by atoms with Crippen LogP contribution < -0.4 is 5.32 Å². The Hall–Kier alpha value is -2.70. The van der Waals surface area contributed by atoms with E-state index in [0.717, 1.165) is 0 Å². The number of carbonyl (C=O) groups excluding carboxylic acids is 1. The number of benzene rings is 1. The summed E-state index contributed by atoms with van der Waals surface area (Å²) in [6.07, 6.45) is 2.58. The van der Waals surface area contributed by atoms with Crippen LogP contribution in [0.4, 0.5) is 5.82 Å². The summed E-state index contributed by atoms with van der Waals surface area (Å²) in [6, 6.07) is 9.78. The van der Waals surface area contributed by atoms with Crippen molar-refractivity contribution in [2.24, 2.45) is 13.0 Å². The quantitative estimate of drug-likeness (QED) is 0.870. The van der Waals surface area contributed by atoms with Crippen molar-refractivity contribution in [3.05, 3.63) is 42.1 Å². The van der Waals surface area contributed by atoms with Gasteiger partial charge in [0.15, 0.2) is 5.82 Å². The predicted molar refractivity (Wildman–Crippen MR) is 94.5 cm³/mol. The fourth-order valence-corrected chi connectivity index (χ4v) is 4.60. The Balaban J connectivity index is 1.66. The van der Waals surface area contributed by atoms with Crippen LogP contribution in [0, 0.1) is 17.2 Å². The molecule has 1 aromatic carbocycles. The van der Waals surface area contributed by atoms with Gasteiger partial charge in [0, 0.05) is 38.3 Å². The first-order valence-electron chi connectivity index (χ1n) is 8.21. The molecule has 1 N–H and O–H groups in total. The molecule has 1 amide bonds. The van der Waals surface area contributed by atoms with Gasteiger partial charge in [0.05, 0.1) is 10.5 Å². The third kappa shape index (κ3) is 3.61. The lowest BCUT2D eigenvalue weighted by Gasteiger charge is -2.30. The maximum atomic E-state index is 12.8. The van der Waals surface area contributed by atoms with Crippen molar-refractivity contribution in [1.29, 1.82) is 5.26 Å². The van der Waals surface area contributed by atoms with Crippen LogP contribution in [-0.4, -0.2) is 41.5 Å². The molecule has 0 aliphatic carbocycles. The molecule has 0 bridgehead atoms. The molecule has 3 rings (SSSR count). The molecule has 0 unspecified atom stereocenters. The minimum Gasteiger partial charge on any atom is -0.309 e. The van der Waals surface area contributed by atoms with E-state index in [1.54, 1.807) is 36.1 Å². The van der Waals surface area contributed by atoms with Crippen LogP contribution in [0.5, 0.6) is 0 Å². The van der Waals surface area contributed by atoms with Crippen LogP contribution in [0.15, 0.2) is 41.4 Å². The molecule has 0 spiro atoms. The van der Waals surface area contributed by atoms with Crippen molar-refractivity contribution in [2.75, 3.05) is 18.4 Å². The van der Waals surface area contributed by atoms with E-state index in [1.165, 1.54) is 16.4 Å². The molecular formula is C17H19N5O3S. The van der Waals surface area contributed by atoms with Crippen molar-refractivity contribution in [3.63, 3.8) is 0 Å². The molecule has 1 aliphatic rings. The van der Waals surface area contributed by atoms with E-state index in [-0.39, 0.29) is 35.4 Å². The van der Waals surface area contributed by atoms with Gasteiger partial charge in [0.25, 0.3) is 0 Å². The summed E-state index contributed by atoms with van der Waals surface area (Å²) in [6.45, 7) is 0.477. The number of nitriles is 1. The molecule has 136 valence electrons. The number of anilines is 1. The van der Waals surface area contributed by atoms with E-state index in [0.29, 0.717) is 18.7 Å². The van der Waals surface area contributed by atoms with E-state index in [4.69, 9.17) is 5.26 Å². The van der Waals surface area contributed by atoms with Crippen molar-refractivity contribution in [3.8, 4) is 6.07 Å². The Morgan fingerprint density at radius 1 is 1.27 bits per heavy atom. The highest BCUT2D eigenvalue weighted by atomic mass is 32.2. The Bertz CT molecular complexity index is 953. The average Bonchev–Trinajstić information content (AvgIpc) is 3.06. The highest BCUT2D eigenvalue weighted by molar-refractivity contribution is 7.89. The van der Waals surface area contributed by atoms with Crippen molar-refractivity contribution < 1.29 is 13.2 Å². The standard InChI is InChI=1S/C17H19N5O3S/c1-21-9-8-16(20-21)19-17(23)13-6-10-22(11-7-13)26(24,25)15-5-3-2-4-14(15)12-18/h2-5,8-9,13H,6-7,10-11H2,1H3,(H,19,20,23). The molecule has 1 aromatic heterocycles. The number of carbonyl (C=O) groups is 1. The third-order valence-electron chi connectivity index (χ3n) is 4.41. The molecule has 0 radical (unpaired) electrons. The normalized spacial score (nSPS) is 16.2. The van der Waals surface area contributed by atoms with Crippen molar-refractivity contribution in [1.82, 2.24) is 14.1 Å². The lowest BCUT2D eigenvalue weighted by Crippen LogP contribution is -2.41. The molecular weight excluding hydrogens is 354 g/mol. The second-order valence-electron chi connectivity index (χ2n) is 6.15. The summed E-state index contributed by atoms with van der Waals surface area (Å²) < 4.78 is 28.5. The maximum absolute atomic E-state index is 12.8. The van der Waals surface area contributed by atoms with Gasteiger partial charge >= 0.3 is 0 Å². The Morgan fingerprint density at radius 3 is 2.58 bits per heavy atom. The molecule has 26 heavy (non-hydrogen) atoms. The molecule has 2 heterocycles. The van der Waals surface area contributed by atoms with E-state index in [1.807, 2.05) is 6.07 Å². The SMILES string of the molecule is Cn1ccc(NC(=O)C2CCN(S(=O)(=O)c3ccccc3C#N)CC2)n1. The number of piperidine rings is 1. The van der Waals surface area contributed by atoms with Crippen LogP contribution in [0.2, 0.25) is 0 Å². The summed E-state index contributed by atoms with van der Waals surface area (Å²) >= 11 is 0. The molecule has 0 atom stereocenters. The van der Waals surface area contributed by atoms with Gasteiger partial charge in [-0.05, 0) is 25.0 Å². The van der Waals surface area contributed by atoms with Gasteiger partial charge in [0.2, 0.25) is 15.9 Å². The fourth-order valence-electron chi connectivity index (χ4n) is 2.99. The second kappa shape index (κ2) is 7.27. The fraction of sp³-hybridized carbons (Fsp3) is 0.353. The van der Waals surface area contributed by atoms with Crippen molar-refractivity contribution in [2.45, 2.75) is 17.7 Å². The second-order valence-corrected chi connectivity index (χ2v) is 8.06. The topological polar surface area (TPSA) is 108 Å². The summed E-state index contributed by atoms with van der Waals surface area (Å²) in [5.41, 5.74) is 0.127. The average molecular weight is 373 g/mol. The first-order chi connectivity index (χ1) is 12.4. The van der Waals surface area contributed by atoms with Crippen LogP contribution >= 0.6 is 0 Å². The Labute approximate surface area is 152 Å². The maximum Gasteiger partial charge on any atom is 0.244 e. The number of aromatic nitrogens is 2. The Morgan fingerprint density at radius 2 is 1.96 bits per heavy atom. The number of nitrogens with zero attached hydrogens (tertiary/aromatic N) is 4. The number of hydrogen-bond donors (Lipinski definition) is 1. The van der Waals surface area contributed by atoms with Gasteiger partial charge < -0.3 is 5.32 Å². The zero-order valence-corrected chi connectivity index (χ0v) is 15.1. The molecule has 8 nitrogen and oxygen atoms in total. The number of nitrogens with one attached hydrogen (secondary N) is 1. The van der Waals surface area contributed by atoms with Gasteiger partial charge in [-0.3, -0.25) is 9.48 Å². The predicted octanol–water partition coefficient (Wildman–Crippen LogP) is 1.33. The minimum absolute atomic E-state index is 0.0129. The number of hydrogen-bond acceptors (Lipinski definition) is 5. The van der Waals surface area contributed by atoms with Gasteiger partial charge in [-0.25, -0.2) is 8.42 Å². The zero-order valence-electron chi connectivity index (χ0n) is 14.3. The van der Waals surface area contributed by atoms with Gasteiger partial charge in [-0.2, -0.15) is 14.7 Å². The highest BCUT2D eigenvalue weighted by Crippen LogP contribution is 2.26. The molecule has 2 aromatic rings. The zero-order chi connectivity index (χ0) is 18.7. The van der Waals surface area contributed by atoms with Gasteiger partial charge in [0.1, 0.15) is 6.07 Å². The lowest BCUT2D eigenvalue weighted by molar-refractivity contribution is -0.120. The van der Waals surface area contributed by atoms with Gasteiger partial charge in [-0.1, -0.05) is 12.1 Å². The first-order valence-corrected chi connectivity index (χ1v) is 9.65. The number of aryl methyl sites for hydroxylation is 1. The molecule has 1 aliphatic heterocycles. The van der Waals surface area contributed by atoms with E-state index in [9.17, 15) is 13.2 Å².